The number of piperidine rings is 1. The standard InChI is InChI=1S/C20H25N7O2/c1-24-19(29)15-11-21-25(2)18(15)22-20(24)26-9-7-13(8-10-26)12-27-17(28)6-5-16(23-27)14-3-4-14/h5-6,11,13-14H,3-4,7-10,12H2,1-2H3. The van der Waals surface area contributed by atoms with E-state index in [0.717, 1.165) is 31.6 Å². The Hall–Kier alpha value is -2.97. The fourth-order valence-corrected chi connectivity index (χ4v) is 4.19. The molecule has 0 spiro atoms. The fraction of sp³-hybridized carbons (Fsp3) is 0.550. The monoisotopic (exact) mass is 395 g/mol. The number of hydrogen-bond acceptors (Lipinski definition) is 6. The van der Waals surface area contributed by atoms with Crippen molar-refractivity contribution >= 4 is 17.0 Å². The van der Waals surface area contributed by atoms with Crippen LogP contribution in [0.2, 0.25) is 0 Å². The Labute approximate surface area is 167 Å². The molecule has 0 amide bonds. The third-order valence-electron chi connectivity index (χ3n) is 6.16. The van der Waals surface area contributed by atoms with Crippen molar-refractivity contribution in [1.82, 2.24) is 29.1 Å². The number of rotatable bonds is 4. The average molecular weight is 395 g/mol. The average Bonchev–Trinajstić information content (AvgIpc) is 3.50. The SMILES string of the molecule is Cn1c(N2CCC(Cn3nc(C4CC4)ccc3=O)CC2)nc2c(cnn2C)c1=O. The maximum atomic E-state index is 12.6. The molecule has 9 heteroatoms. The number of nitrogens with zero attached hydrogens (tertiary/aromatic N) is 7. The summed E-state index contributed by atoms with van der Waals surface area (Å²) in [6.45, 7) is 2.25. The molecule has 2 fully saturated rings. The Bertz CT molecular complexity index is 1180. The van der Waals surface area contributed by atoms with Crippen molar-refractivity contribution in [2.24, 2.45) is 20.0 Å². The zero-order chi connectivity index (χ0) is 20.1. The number of aryl methyl sites for hydroxylation is 1. The summed E-state index contributed by atoms with van der Waals surface area (Å²) in [5.74, 6) is 1.61. The normalized spacial score (nSPS) is 17.9. The van der Waals surface area contributed by atoms with E-state index in [9.17, 15) is 9.59 Å². The first-order valence-corrected chi connectivity index (χ1v) is 10.2. The van der Waals surface area contributed by atoms with E-state index in [-0.39, 0.29) is 11.1 Å². The highest BCUT2D eigenvalue weighted by atomic mass is 16.1. The molecule has 1 aliphatic heterocycles. The molecule has 5 rings (SSSR count). The van der Waals surface area contributed by atoms with Crippen LogP contribution in [0.3, 0.4) is 0 Å². The third kappa shape index (κ3) is 3.24. The van der Waals surface area contributed by atoms with E-state index < -0.39 is 0 Å². The second-order valence-electron chi connectivity index (χ2n) is 8.26. The van der Waals surface area contributed by atoms with Crippen LogP contribution >= 0.6 is 0 Å². The van der Waals surface area contributed by atoms with Gasteiger partial charge >= 0.3 is 0 Å². The number of fused-ring (bicyclic) bond motifs is 1. The maximum Gasteiger partial charge on any atom is 0.266 e. The summed E-state index contributed by atoms with van der Waals surface area (Å²) >= 11 is 0. The van der Waals surface area contributed by atoms with Gasteiger partial charge in [0.25, 0.3) is 11.1 Å². The molecule has 0 radical (unpaired) electrons. The first-order chi connectivity index (χ1) is 14.0. The van der Waals surface area contributed by atoms with Gasteiger partial charge in [0.15, 0.2) is 5.65 Å². The molecule has 29 heavy (non-hydrogen) atoms. The molecule has 3 aromatic heterocycles. The van der Waals surface area contributed by atoms with Crippen molar-refractivity contribution in [2.45, 2.75) is 38.1 Å². The van der Waals surface area contributed by atoms with Crippen LogP contribution in [0.15, 0.2) is 27.9 Å². The van der Waals surface area contributed by atoms with Crippen LogP contribution in [-0.2, 0) is 20.6 Å². The predicted molar refractivity (Wildman–Crippen MR) is 109 cm³/mol. The van der Waals surface area contributed by atoms with Crippen LogP contribution in [0.5, 0.6) is 0 Å². The summed E-state index contributed by atoms with van der Waals surface area (Å²) in [7, 11) is 3.56. The van der Waals surface area contributed by atoms with E-state index >= 15 is 0 Å². The van der Waals surface area contributed by atoms with Gasteiger partial charge in [-0.25, -0.2) is 4.68 Å². The van der Waals surface area contributed by atoms with Crippen LogP contribution < -0.4 is 16.0 Å². The minimum atomic E-state index is -0.0760. The number of anilines is 1. The minimum absolute atomic E-state index is 0.0254. The smallest absolute Gasteiger partial charge is 0.266 e. The Morgan fingerprint density at radius 3 is 2.55 bits per heavy atom. The fourth-order valence-electron chi connectivity index (χ4n) is 4.19. The van der Waals surface area contributed by atoms with Crippen molar-refractivity contribution in [3.63, 3.8) is 0 Å². The molecular weight excluding hydrogens is 370 g/mol. The molecule has 0 unspecified atom stereocenters. The zero-order valence-electron chi connectivity index (χ0n) is 16.8. The van der Waals surface area contributed by atoms with Crippen LogP contribution in [0.4, 0.5) is 5.95 Å². The molecule has 9 nitrogen and oxygen atoms in total. The third-order valence-corrected chi connectivity index (χ3v) is 6.16. The first-order valence-electron chi connectivity index (χ1n) is 10.2. The molecule has 1 saturated heterocycles. The summed E-state index contributed by atoms with van der Waals surface area (Å²) in [5, 5.41) is 9.29. The lowest BCUT2D eigenvalue weighted by Crippen LogP contribution is -2.40. The Morgan fingerprint density at radius 1 is 1.07 bits per heavy atom. The number of aromatic nitrogens is 6. The zero-order valence-corrected chi connectivity index (χ0v) is 16.8. The molecule has 4 heterocycles. The lowest BCUT2D eigenvalue weighted by molar-refractivity contribution is 0.331. The van der Waals surface area contributed by atoms with Gasteiger partial charge in [0, 0.05) is 45.7 Å². The molecular formula is C20H25N7O2. The number of hydrogen-bond donors (Lipinski definition) is 0. The second kappa shape index (κ2) is 6.82. The molecule has 0 atom stereocenters. The van der Waals surface area contributed by atoms with Gasteiger partial charge in [-0.15, -0.1) is 0 Å². The van der Waals surface area contributed by atoms with E-state index in [4.69, 9.17) is 4.98 Å². The largest absolute Gasteiger partial charge is 0.342 e. The molecule has 1 aliphatic carbocycles. The van der Waals surface area contributed by atoms with E-state index in [1.807, 2.05) is 6.07 Å². The van der Waals surface area contributed by atoms with Crippen LogP contribution in [0.25, 0.3) is 11.0 Å². The lowest BCUT2D eigenvalue weighted by atomic mass is 9.97. The maximum absolute atomic E-state index is 12.6. The van der Waals surface area contributed by atoms with Gasteiger partial charge in [0.1, 0.15) is 5.39 Å². The Balaban J connectivity index is 1.32. The van der Waals surface area contributed by atoms with Crippen molar-refractivity contribution < 1.29 is 0 Å². The molecule has 2 aliphatic rings. The minimum Gasteiger partial charge on any atom is -0.342 e. The van der Waals surface area contributed by atoms with Gasteiger partial charge in [-0.05, 0) is 37.7 Å². The van der Waals surface area contributed by atoms with Crippen molar-refractivity contribution in [3.05, 3.63) is 44.7 Å². The summed E-state index contributed by atoms with van der Waals surface area (Å²) in [6, 6.07) is 3.53. The highest BCUT2D eigenvalue weighted by Gasteiger charge is 2.27. The van der Waals surface area contributed by atoms with Crippen molar-refractivity contribution in [3.8, 4) is 0 Å². The Kier molecular flexibility index (Phi) is 4.25. The van der Waals surface area contributed by atoms with Gasteiger partial charge in [-0.3, -0.25) is 18.8 Å². The van der Waals surface area contributed by atoms with Crippen LogP contribution in [-0.4, -0.2) is 42.2 Å². The molecule has 152 valence electrons. The van der Waals surface area contributed by atoms with Crippen LogP contribution in [0, 0.1) is 5.92 Å². The van der Waals surface area contributed by atoms with Gasteiger partial charge in [0.2, 0.25) is 5.95 Å². The van der Waals surface area contributed by atoms with Gasteiger partial charge in [-0.1, -0.05) is 0 Å². The van der Waals surface area contributed by atoms with Crippen molar-refractivity contribution in [1.29, 1.82) is 0 Å². The van der Waals surface area contributed by atoms with Gasteiger partial charge < -0.3 is 4.90 Å². The Morgan fingerprint density at radius 2 is 1.83 bits per heavy atom. The quantitative estimate of drug-likeness (QED) is 0.655. The summed E-state index contributed by atoms with van der Waals surface area (Å²) in [4.78, 5) is 31.7. The van der Waals surface area contributed by atoms with E-state index in [1.54, 1.807) is 40.3 Å². The summed E-state index contributed by atoms with van der Waals surface area (Å²) in [6.07, 6.45) is 5.79. The van der Waals surface area contributed by atoms with E-state index in [1.165, 1.54) is 12.8 Å². The predicted octanol–water partition coefficient (Wildman–Crippen LogP) is 1.02. The molecule has 1 saturated carbocycles. The topological polar surface area (TPSA) is 90.8 Å². The highest BCUT2D eigenvalue weighted by molar-refractivity contribution is 5.74. The molecule has 0 aromatic carbocycles. The molecule has 0 bridgehead atoms. The molecule has 0 N–H and O–H groups in total. The summed E-state index contributed by atoms with van der Waals surface area (Å²) in [5.41, 5.74) is 1.55. The van der Waals surface area contributed by atoms with E-state index in [0.29, 0.717) is 35.4 Å². The van der Waals surface area contributed by atoms with Gasteiger partial charge in [0.05, 0.1) is 11.9 Å². The lowest BCUT2D eigenvalue weighted by Gasteiger charge is -2.33. The summed E-state index contributed by atoms with van der Waals surface area (Å²) < 4.78 is 4.89. The van der Waals surface area contributed by atoms with E-state index in [2.05, 4.69) is 15.1 Å². The first kappa shape index (κ1) is 18.1. The van der Waals surface area contributed by atoms with Crippen LogP contribution in [0.1, 0.15) is 37.3 Å². The van der Waals surface area contributed by atoms with Gasteiger partial charge in [-0.2, -0.15) is 15.2 Å². The van der Waals surface area contributed by atoms with Crippen molar-refractivity contribution in [2.75, 3.05) is 18.0 Å². The second-order valence-corrected chi connectivity index (χ2v) is 8.26. The molecule has 3 aromatic rings. The highest BCUT2D eigenvalue weighted by Crippen LogP contribution is 2.38.